The molecule has 0 radical (unpaired) electrons. The SMILES string of the molecule is C=N/C(=N\C=C(/C)c1cnc2[nH]cc(C(=O)c3c(F)ccc(NS(=O)(=O)N(C)CC)c3F)c2c1)N1CCN(C(=O)CC2(O)CCN(c3ccc(N4CCC(=O)NC4=O)cc3Cl)CC2)CC1. The maximum Gasteiger partial charge on any atom is 0.328 e. The van der Waals surface area contributed by atoms with Crippen LogP contribution in [0.15, 0.2) is 65.0 Å². The molecule has 5 heterocycles. The number of hydrogen-bond acceptors (Lipinski definition) is 10. The third kappa shape index (κ3) is 10.0. The number of ketones is 1. The number of amides is 4. The molecular weight excluding hydrogens is 888 g/mol. The van der Waals surface area contributed by atoms with Gasteiger partial charge in [-0.1, -0.05) is 18.5 Å². The fourth-order valence-electron chi connectivity index (χ4n) is 7.84. The number of nitrogens with zero attached hydrogens (tertiary/aromatic N) is 8. The first-order chi connectivity index (χ1) is 30.9. The van der Waals surface area contributed by atoms with E-state index in [2.05, 4.69) is 36.7 Å². The number of benzene rings is 2. The number of allylic oxidation sites excluding steroid dienone is 1. The fraction of sp³-hybridized carbons (Fsp3) is 0.372. The van der Waals surface area contributed by atoms with Crippen LogP contribution in [0.1, 0.15) is 61.0 Å². The summed E-state index contributed by atoms with van der Waals surface area (Å²) < 4.78 is 58.8. The van der Waals surface area contributed by atoms with Crippen molar-refractivity contribution in [1.29, 1.82) is 0 Å². The highest BCUT2D eigenvalue weighted by Crippen LogP contribution is 2.36. The number of hydrogen-bond donors (Lipinski definition) is 4. The Morgan fingerprint density at radius 2 is 1.77 bits per heavy atom. The molecule has 344 valence electrons. The van der Waals surface area contributed by atoms with E-state index in [1.54, 1.807) is 43.1 Å². The van der Waals surface area contributed by atoms with Crippen molar-refractivity contribution in [3.63, 3.8) is 0 Å². The molecule has 18 nitrogen and oxygen atoms in total. The second kappa shape index (κ2) is 19.0. The molecule has 2 aromatic heterocycles. The molecule has 7 rings (SSSR count). The summed E-state index contributed by atoms with van der Waals surface area (Å²) in [4.78, 5) is 73.9. The minimum absolute atomic E-state index is 0.0413. The van der Waals surface area contributed by atoms with E-state index in [1.807, 2.05) is 15.9 Å². The number of aliphatic hydroxyl groups is 1. The second-order valence-electron chi connectivity index (χ2n) is 16.0. The predicted octanol–water partition coefficient (Wildman–Crippen LogP) is 4.76. The van der Waals surface area contributed by atoms with E-state index in [1.165, 1.54) is 24.3 Å². The van der Waals surface area contributed by atoms with Gasteiger partial charge in [0.05, 0.1) is 34.0 Å². The number of imide groups is 1. The Morgan fingerprint density at radius 1 is 1.06 bits per heavy atom. The monoisotopic (exact) mass is 935 g/mol. The van der Waals surface area contributed by atoms with Crippen LogP contribution in [0.4, 0.5) is 30.6 Å². The summed E-state index contributed by atoms with van der Waals surface area (Å²) in [6, 6.07) is 8.09. The average molecular weight is 936 g/mol. The lowest BCUT2D eigenvalue weighted by Gasteiger charge is -2.41. The fourth-order valence-corrected chi connectivity index (χ4v) is 9.07. The number of fused-ring (bicyclic) bond motifs is 1. The van der Waals surface area contributed by atoms with Crippen molar-refractivity contribution < 1.29 is 41.5 Å². The van der Waals surface area contributed by atoms with Crippen molar-refractivity contribution >= 4 is 91.8 Å². The van der Waals surface area contributed by atoms with Crippen LogP contribution in [-0.4, -0.2) is 139 Å². The molecule has 0 unspecified atom stereocenters. The molecule has 4 aromatic rings. The highest BCUT2D eigenvalue weighted by molar-refractivity contribution is 7.90. The van der Waals surface area contributed by atoms with Crippen LogP contribution in [0.2, 0.25) is 5.02 Å². The topological polar surface area (TPSA) is 216 Å². The number of aromatic amines is 1. The van der Waals surface area contributed by atoms with Crippen LogP contribution in [0.25, 0.3) is 16.6 Å². The number of rotatable bonds is 12. The maximum atomic E-state index is 15.6. The number of aliphatic imine (C=N–C) groups is 2. The third-order valence-electron chi connectivity index (χ3n) is 11.9. The molecule has 0 spiro atoms. The normalized spacial score (nSPS) is 17.5. The number of halogens is 3. The quantitative estimate of drug-likeness (QED) is 0.0868. The number of piperazine rings is 1. The van der Waals surface area contributed by atoms with Crippen LogP contribution < -0.4 is 19.8 Å². The van der Waals surface area contributed by atoms with Crippen molar-refractivity contribution in [3.8, 4) is 0 Å². The Balaban J connectivity index is 0.951. The van der Waals surface area contributed by atoms with Gasteiger partial charge in [-0.25, -0.2) is 28.5 Å². The summed E-state index contributed by atoms with van der Waals surface area (Å²) in [6.07, 6.45) is 5.19. The molecule has 3 aliphatic rings. The number of H-pyrrole nitrogens is 1. The van der Waals surface area contributed by atoms with Gasteiger partial charge in [0, 0.05) is 101 Å². The molecule has 65 heavy (non-hydrogen) atoms. The van der Waals surface area contributed by atoms with E-state index in [0.717, 1.165) is 22.1 Å². The summed E-state index contributed by atoms with van der Waals surface area (Å²) >= 11 is 6.64. The lowest BCUT2D eigenvalue weighted by atomic mass is 9.87. The number of piperidine rings is 1. The van der Waals surface area contributed by atoms with Crippen molar-refractivity contribution in [2.75, 3.05) is 73.9 Å². The summed E-state index contributed by atoms with van der Waals surface area (Å²) in [5, 5.41) is 14.5. The number of urea groups is 1. The number of guanidine groups is 1. The standard InChI is InChI=1S/C43H48ClF2N11O7S/c1-5-53(4)65(63,64)52-33-8-7-32(45)37(38(33)46)39(60)30-25-49-40-29(30)20-27(24-48-40)26(2)23-50-41(47-3)56-18-16-55(17-19-56)36(59)22-43(62)11-14-54(15-12-43)34-9-6-28(21-31(34)44)57-13-10-35(58)51-42(57)61/h6-9,20-21,23-25,52,62H,3,5,10-19,22H2,1-2,4H3,(H,48,49)(H,51,58,61)/b26-23+,50-41+. The summed E-state index contributed by atoms with van der Waals surface area (Å²) in [5.74, 6) is -3.75. The first-order valence-corrected chi connectivity index (χ1v) is 22.6. The molecule has 0 saturated carbocycles. The van der Waals surface area contributed by atoms with Crippen LogP contribution in [0.5, 0.6) is 0 Å². The lowest BCUT2D eigenvalue weighted by molar-refractivity contribution is -0.138. The maximum absolute atomic E-state index is 15.6. The van der Waals surface area contributed by atoms with Gasteiger partial charge < -0.3 is 24.8 Å². The molecule has 3 aliphatic heterocycles. The molecule has 3 saturated heterocycles. The Morgan fingerprint density at radius 3 is 2.43 bits per heavy atom. The van der Waals surface area contributed by atoms with Gasteiger partial charge in [0.25, 0.3) is 0 Å². The Kier molecular flexibility index (Phi) is 13.7. The van der Waals surface area contributed by atoms with Crippen LogP contribution in [0, 0.1) is 11.6 Å². The minimum Gasteiger partial charge on any atom is -0.389 e. The van der Waals surface area contributed by atoms with Crippen molar-refractivity contribution in [2.24, 2.45) is 9.98 Å². The first-order valence-electron chi connectivity index (χ1n) is 20.8. The van der Waals surface area contributed by atoms with Gasteiger partial charge >= 0.3 is 16.2 Å². The van der Waals surface area contributed by atoms with Crippen molar-refractivity contribution in [1.82, 2.24) is 29.4 Å². The minimum atomic E-state index is -4.17. The van der Waals surface area contributed by atoms with Crippen LogP contribution in [-0.2, 0) is 19.8 Å². The molecule has 0 bridgehead atoms. The number of pyridine rings is 1. The van der Waals surface area contributed by atoms with Gasteiger partial charge in [0.2, 0.25) is 23.6 Å². The van der Waals surface area contributed by atoms with Crippen molar-refractivity contribution in [3.05, 3.63) is 88.3 Å². The zero-order valence-corrected chi connectivity index (χ0v) is 37.5. The van der Waals surface area contributed by atoms with Gasteiger partial charge in [0.1, 0.15) is 11.5 Å². The Bertz CT molecular complexity index is 2730. The van der Waals surface area contributed by atoms with Gasteiger partial charge in [0.15, 0.2) is 5.82 Å². The van der Waals surface area contributed by atoms with E-state index >= 15 is 8.78 Å². The molecule has 0 atom stereocenters. The molecule has 0 aliphatic carbocycles. The first kappa shape index (κ1) is 46.7. The zero-order valence-electron chi connectivity index (χ0n) is 35.9. The van der Waals surface area contributed by atoms with Crippen LogP contribution in [0.3, 0.4) is 0 Å². The van der Waals surface area contributed by atoms with Crippen molar-refractivity contribution in [2.45, 2.75) is 45.1 Å². The van der Waals surface area contributed by atoms with E-state index in [4.69, 9.17) is 11.6 Å². The smallest absolute Gasteiger partial charge is 0.328 e. The molecule has 2 aromatic carbocycles. The van der Waals surface area contributed by atoms with E-state index in [0.29, 0.717) is 79.9 Å². The zero-order chi connectivity index (χ0) is 46.8. The number of carbonyl (C=O) groups is 4. The summed E-state index contributed by atoms with van der Waals surface area (Å²) in [7, 11) is -2.89. The van der Waals surface area contributed by atoms with E-state index in [-0.39, 0.29) is 54.3 Å². The third-order valence-corrected chi connectivity index (χ3v) is 13.7. The largest absolute Gasteiger partial charge is 0.389 e. The van der Waals surface area contributed by atoms with Gasteiger partial charge in [-0.3, -0.25) is 29.3 Å². The number of carbonyl (C=O) groups excluding carboxylic acids is 4. The predicted molar refractivity (Wildman–Crippen MR) is 243 cm³/mol. The van der Waals surface area contributed by atoms with E-state index < -0.39 is 50.5 Å². The molecular formula is C43H48ClF2N11O7S. The molecule has 3 fully saturated rings. The Hall–Kier alpha value is -6.29. The summed E-state index contributed by atoms with van der Waals surface area (Å²) in [5.41, 5.74) is -0.0982. The summed E-state index contributed by atoms with van der Waals surface area (Å²) in [6.45, 7) is 9.79. The lowest BCUT2D eigenvalue weighted by Crippen LogP contribution is -2.53. The van der Waals surface area contributed by atoms with E-state index in [9.17, 15) is 32.7 Å². The Labute approximate surface area is 378 Å². The van der Waals surface area contributed by atoms with Crippen LogP contribution >= 0.6 is 11.6 Å². The number of nitrogens with one attached hydrogen (secondary N) is 3. The highest BCUT2D eigenvalue weighted by Gasteiger charge is 2.37. The van der Waals surface area contributed by atoms with Gasteiger partial charge in [-0.05, 0) is 74.0 Å². The highest BCUT2D eigenvalue weighted by atomic mass is 35.5. The molecule has 22 heteroatoms. The van der Waals surface area contributed by atoms with Gasteiger partial charge in [-0.2, -0.15) is 12.7 Å². The second-order valence-corrected chi connectivity index (χ2v) is 18.2. The number of anilines is 3. The molecule has 4 amide bonds. The van der Waals surface area contributed by atoms with Gasteiger partial charge in [-0.15, -0.1) is 0 Å². The number of aromatic nitrogens is 2. The average Bonchev–Trinajstić information content (AvgIpc) is 3.71. The molecule has 4 N–H and O–H groups in total.